The molecular weight excluding hydrogens is 342 g/mol. The van der Waals surface area contributed by atoms with Crippen LogP contribution in [0.15, 0.2) is 22.3 Å². The predicted molar refractivity (Wildman–Crippen MR) is 99.8 cm³/mol. The molecule has 24 heavy (non-hydrogen) atoms. The molecule has 5 nitrogen and oxygen atoms in total. The van der Waals surface area contributed by atoms with Crippen molar-refractivity contribution >= 4 is 38.8 Å². The number of carbonyl (C=O) groups excluding carboxylic acids is 1. The Morgan fingerprint density at radius 2 is 2.17 bits per heavy atom. The molecule has 3 heterocycles. The first kappa shape index (κ1) is 16.9. The molecule has 0 bridgehead atoms. The van der Waals surface area contributed by atoms with Crippen molar-refractivity contribution in [1.82, 2.24) is 9.55 Å². The minimum Gasteiger partial charge on any atom is -0.370 e. The van der Waals surface area contributed by atoms with Crippen molar-refractivity contribution in [3.05, 3.63) is 38.6 Å². The van der Waals surface area contributed by atoms with Crippen LogP contribution in [0.1, 0.15) is 36.9 Å². The van der Waals surface area contributed by atoms with E-state index in [0.717, 1.165) is 20.1 Å². The Balaban J connectivity index is 2.30. The van der Waals surface area contributed by atoms with Gasteiger partial charge in [-0.1, -0.05) is 19.9 Å². The quantitative estimate of drug-likeness (QED) is 0.755. The van der Waals surface area contributed by atoms with Gasteiger partial charge in [-0.2, -0.15) is 0 Å². The number of rotatable bonds is 5. The molecule has 3 aromatic rings. The molecule has 3 rings (SSSR count). The summed E-state index contributed by atoms with van der Waals surface area (Å²) in [4.78, 5) is 32.0. The molecule has 0 aliphatic carbocycles. The molecule has 0 unspecified atom stereocenters. The van der Waals surface area contributed by atoms with Crippen LogP contribution in [0.3, 0.4) is 0 Å². The average molecular weight is 361 g/mol. The van der Waals surface area contributed by atoms with Gasteiger partial charge < -0.3 is 5.73 Å². The molecule has 0 aliphatic rings. The molecule has 0 aliphatic heterocycles. The molecule has 126 valence electrons. The maximum atomic E-state index is 13.2. The molecule has 0 fully saturated rings. The molecule has 7 heteroatoms. The van der Waals surface area contributed by atoms with Gasteiger partial charge in [0.25, 0.3) is 5.56 Å². The van der Waals surface area contributed by atoms with Gasteiger partial charge in [-0.05, 0) is 18.4 Å². The van der Waals surface area contributed by atoms with Gasteiger partial charge in [0.1, 0.15) is 10.7 Å². The summed E-state index contributed by atoms with van der Waals surface area (Å²) < 4.78 is 1.61. The molecule has 2 N–H and O–H groups in total. The lowest BCUT2D eigenvalue weighted by atomic mass is 10.1. The second-order valence-electron chi connectivity index (χ2n) is 5.99. The zero-order chi connectivity index (χ0) is 17.4. The first-order valence-electron chi connectivity index (χ1n) is 7.76. The second-order valence-corrected chi connectivity index (χ2v) is 8.14. The second kappa shape index (κ2) is 6.49. The highest BCUT2D eigenvalue weighted by Crippen LogP contribution is 2.38. The Morgan fingerprint density at radius 1 is 1.42 bits per heavy atom. The van der Waals surface area contributed by atoms with Gasteiger partial charge in [0.05, 0.1) is 5.39 Å². The summed E-state index contributed by atoms with van der Waals surface area (Å²) in [6.45, 7) is 6.27. The lowest BCUT2D eigenvalue weighted by Gasteiger charge is -2.14. The zero-order valence-corrected chi connectivity index (χ0v) is 15.5. The first-order chi connectivity index (χ1) is 11.4. The van der Waals surface area contributed by atoms with Gasteiger partial charge in [-0.15, -0.1) is 22.7 Å². The maximum Gasteiger partial charge on any atom is 0.262 e. The molecule has 1 amide bonds. The van der Waals surface area contributed by atoms with Gasteiger partial charge >= 0.3 is 0 Å². The monoisotopic (exact) mass is 361 g/mol. The lowest BCUT2D eigenvalue weighted by molar-refractivity contribution is -0.118. The predicted octanol–water partition coefficient (Wildman–Crippen LogP) is 3.49. The van der Waals surface area contributed by atoms with E-state index in [2.05, 4.69) is 0 Å². The fourth-order valence-corrected chi connectivity index (χ4v) is 4.74. The van der Waals surface area contributed by atoms with Crippen LogP contribution in [-0.2, 0) is 11.3 Å². The van der Waals surface area contributed by atoms with Crippen LogP contribution >= 0.6 is 22.7 Å². The highest BCUT2D eigenvalue weighted by Gasteiger charge is 2.21. The summed E-state index contributed by atoms with van der Waals surface area (Å²) in [6.07, 6.45) is 0.129. The van der Waals surface area contributed by atoms with Crippen molar-refractivity contribution in [1.29, 1.82) is 0 Å². The molecule has 0 saturated heterocycles. The van der Waals surface area contributed by atoms with Crippen molar-refractivity contribution in [2.45, 2.75) is 39.7 Å². The van der Waals surface area contributed by atoms with Crippen molar-refractivity contribution in [2.75, 3.05) is 0 Å². The standard InChI is InChI=1S/C17H19N3O2S2/c1-9(2)15-19-16-14(17(22)20(15)7-6-12(18)21)13(10(3)24-16)11-5-4-8-23-11/h4-5,8-9H,6-7H2,1-3H3,(H2,18,21). The molecule has 0 aromatic carbocycles. The van der Waals surface area contributed by atoms with E-state index in [4.69, 9.17) is 10.7 Å². The number of nitrogens with two attached hydrogens (primary N) is 1. The minimum atomic E-state index is -0.420. The smallest absolute Gasteiger partial charge is 0.262 e. The molecule has 3 aromatic heterocycles. The third kappa shape index (κ3) is 2.89. The number of primary amides is 1. The van der Waals surface area contributed by atoms with Crippen molar-refractivity contribution in [3.8, 4) is 10.4 Å². The normalized spacial score (nSPS) is 11.5. The largest absolute Gasteiger partial charge is 0.370 e. The Labute approximate surface area is 147 Å². The highest BCUT2D eigenvalue weighted by molar-refractivity contribution is 7.20. The number of thiophene rings is 2. The Bertz CT molecular complexity index is 953. The number of nitrogens with zero attached hydrogens (tertiary/aromatic N) is 2. The topological polar surface area (TPSA) is 78.0 Å². The summed E-state index contributed by atoms with van der Waals surface area (Å²) in [6, 6.07) is 3.99. The van der Waals surface area contributed by atoms with E-state index in [1.165, 1.54) is 0 Å². The van der Waals surface area contributed by atoms with E-state index in [9.17, 15) is 9.59 Å². The van der Waals surface area contributed by atoms with Gasteiger partial charge in [0.2, 0.25) is 5.91 Å². The van der Waals surface area contributed by atoms with Gasteiger partial charge in [0, 0.05) is 34.2 Å². The molecule has 0 radical (unpaired) electrons. The Kier molecular flexibility index (Phi) is 4.56. The van der Waals surface area contributed by atoms with Crippen LogP contribution in [0.25, 0.3) is 20.7 Å². The van der Waals surface area contributed by atoms with Gasteiger partial charge in [-0.3, -0.25) is 14.2 Å². The third-order valence-electron chi connectivity index (χ3n) is 3.88. The highest BCUT2D eigenvalue weighted by atomic mass is 32.1. The average Bonchev–Trinajstić information content (AvgIpc) is 3.12. The number of hydrogen-bond donors (Lipinski definition) is 1. The fraction of sp³-hybridized carbons (Fsp3) is 0.353. The summed E-state index contributed by atoms with van der Waals surface area (Å²) in [5.41, 5.74) is 6.15. The number of fused-ring (bicyclic) bond motifs is 1. The van der Waals surface area contributed by atoms with Crippen LogP contribution in [0.5, 0.6) is 0 Å². The number of amides is 1. The first-order valence-corrected chi connectivity index (χ1v) is 9.45. The Morgan fingerprint density at radius 3 is 2.75 bits per heavy atom. The van der Waals surface area contributed by atoms with E-state index < -0.39 is 5.91 Å². The summed E-state index contributed by atoms with van der Waals surface area (Å²) in [7, 11) is 0. The van der Waals surface area contributed by atoms with Crippen molar-refractivity contribution < 1.29 is 4.79 Å². The molecule has 0 spiro atoms. The Hall–Kier alpha value is -1.99. The fourth-order valence-electron chi connectivity index (χ4n) is 2.81. The lowest BCUT2D eigenvalue weighted by Crippen LogP contribution is -2.28. The van der Waals surface area contributed by atoms with E-state index in [1.54, 1.807) is 27.2 Å². The van der Waals surface area contributed by atoms with Crippen LogP contribution in [-0.4, -0.2) is 15.5 Å². The number of carbonyl (C=O) groups is 1. The van der Waals surface area contributed by atoms with Crippen LogP contribution in [0.4, 0.5) is 0 Å². The van der Waals surface area contributed by atoms with Crippen molar-refractivity contribution in [2.24, 2.45) is 5.73 Å². The SMILES string of the molecule is Cc1sc2nc(C(C)C)n(CCC(N)=O)c(=O)c2c1-c1cccs1. The summed E-state index contributed by atoms with van der Waals surface area (Å²) in [5, 5.41) is 2.65. The number of aryl methyl sites for hydroxylation is 1. The zero-order valence-electron chi connectivity index (χ0n) is 13.8. The van der Waals surface area contributed by atoms with E-state index in [1.807, 2.05) is 38.3 Å². The van der Waals surface area contributed by atoms with E-state index in [-0.39, 0.29) is 24.4 Å². The molecule has 0 saturated carbocycles. The van der Waals surface area contributed by atoms with Gasteiger partial charge in [-0.25, -0.2) is 4.98 Å². The molecule has 0 atom stereocenters. The molecular formula is C17H19N3O2S2. The maximum absolute atomic E-state index is 13.2. The van der Waals surface area contributed by atoms with E-state index in [0.29, 0.717) is 11.2 Å². The van der Waals surface area contributed by atoms with E-state index >= 15 is 0 Å². The van der Waals surface area contributed by atoms with Crippen LogP contribution in [0, 0.1) is 6.92 Å². The van der Waals surface area contributed by atoms with Crippen LogP contribution < -0.4 is 11.3 Å². The summed E-state index contributed by atoms with van der Waals surface area (Å²) >= 11 is 3.16. The number of hydrogen-bond acceptors (Lipinski definition) is 5. The summed E-state index contributed by atoms with van der Waals surface area (Å²) in [5.74, 6) is 0.368. The minimum absolute atomic E-state index is 0.0855. The van der Waals surface area contributed by atoms with Gasteiger partial charge in [0.15, 0.2) is 0 Å². The third-order valence-corrected chi connectivity index (χ3v) is 5.77. The van der Waals surface area contributed by atoms with Crippen molar-refractivity contribution in [3.63, 3.8) is 0 Å². The number of aromatic nitrogens is 2. The van der Waals surface area contributed by atoms with Crippen LogP contribution in [0.2, 0.25) is 0 Å².